The van der Waals surface area contributed by atoms with E-state index in [-0.39, 0.29) is 20.7 Å². The monoisotopic (exact) mass is 486 g/mol. The molecule has 2 aromatic carbocycles. The first-order valence-electron chi connectivity index (χ1n) is 8.60. The van der Waals surface area contributed by atoms with E-state index in [4.69, 9.17) is 11.6 Å². The van der Waals surface area contributed by atoms with Crippen LogP contribution >= 0.6 is 34.7 Å². The maximum Gasteiger partial charge on any atom is 0.264 e. The van der Waals surface area contributed by atoms with E-state index < -0.39 is 28.3 Å². The van der Waals surface area contributed by atoms with E-state index in [2.05, 4.69) is 15.5 Å². The summed E-state index contributed by atoms with van der Waals surface area (Å²) in [5, 5.41) is 10.4. The maximum atomic E-state index is 13.6. The van der Waals surface area contributed by atoms with Crippen molar-refractivity contribution in [2.24, 2.45) is 0 Å². The zero-order valence-corrected chi connectivity index (χ0v) is 18.8. The van der Waals surface area contributed by atoms with Gasteiger partial charge < -0.3 is 0 Å². The van der Waals surface area contributed by atoms with Crippen LogP contribution in [-0.4, -0.2) is 36.8 Å². The first-order valence-corrected chi connectivity index (χ1v) is 12.2. The Morgan fingerprint density at radius 1 is 1.23 bits per heavy atom. The summed E-state index contributed by atoms with van der Waals surface area (Å²) in [5.74, 6) is -0.521. The van der Waals surface area contributed by atoms with E-state index in [0.29, 0.717) is 4.34 Å². The molecule has 1 amide bonds. The molecule has 30 heavy (non-hydrogen) atoms. The van der Waals surface area contributed by atoms with Crippen LogP contribution in [0.4, 0.5) is 15.2 Å². The average molecular weight is 487 g/mol. The highest BCUT2D eigenvalue weighted by molar-refractivity contribution is 8.01. The van der Waals surface area contributed by atoms with Gasteiger partial charge in [-0.15, -0.1) is 10.2 Å². The molecule has 3 aromatic rings. The van der Waals surface area contributed by atoms with Crippen molar-refractivity contribution in [3.8, 4) is 0 Å². The van der Waals surface area contributed by atoms with Gasteiger partial charge in [0, 0.05) is 0 Å². The molecule has 0 spiro atoms. The van der Waals surface area contributed by atoms with Crippen LogP contribution in [-0.2, 0) is 14.8 Å². The lowest BCUT2D eigenvalue weighted by Gasteiger charge is -2.24. The van der Waals surface area contributed by atoms with Crippen molar-refractivity contribution in [2.75, 3.05) is 21.9 Å². The number of aromatic nitrogens is 2. The second kappa shape index (κ2) is 9.73. The zero-order valence-electron chi connectivity index (χ0n) is 15.6. The second-order valence-electron chi connectivity index (χ2n) is 5.78. The minimum absolute atomic E-state index is 0.0178. The zero-order chi connectivity index (χ0) is 21.7. The largest absolute Gasteiger partial charge is 0.299 e. The minimum atomic E-state index is -4.12. The Balaban J connectivity index is 1.90. The number of carbonyl (C=O) groups is 1. The fourth-order valence-corrected chi connectivity index (χ4v) is 5.68. The normalized spacial score (nSPS) is 11.3. The summed E-state index contributed by atoms with van der Waals surface area (Å²) in [6.45, 7) is 1.40. The van der Waals surface area contributed by atoms with Gasteiger partial charge in [-0.25, -0.2) is 12.8 Å². The molecule has 0 unspecified atom stereocenters. The maximum absolute atomic E-state index is 13.6. The average Bonchev–Trinajstić information content (AvgIpc) is 3.16. The lowest BCUT2D eigenvalue weighted by molar-refractivity contribution is -0.114. The molecule has 0 atom stereocenters. The van der Waals surface area contributed by atoms with Gasteiger partial charge >= 0.3 is 0 Å². The van der Waals surface area contributed by atoms with Gasteiger partial charge in [0.25, 0.3) is 10.0 Å². The standard InChI is InChI=1S/C18H16ClFN4O3S3/c1-2-28-18-23-22-17(29-18)21-16(25)11-24(12-8-9-15(20)14(19)10-12)30(26,27)13-6-4-3-5-7-13/h3-10H,2,11H2,1H3,(H,21,22,25). The number of sulfonamides is 1. The SMILES string of the molecule is CCSc1nnc(NC(=O)CN(c2ccc(F)c(Cl)c2)S(=O)(=O)c2ccccc2)s1. The van der Waals surface area contributed by atoms with E-state index >= 15 is 0 Å². The quantitative estimate of drug-likeness (QED) is 0.377. The Hall–Kier alpha value is -2.21. The van der Waals surface area contributed by atoms with E-state index in [1.54, 1.807) is 18.2 Å². The fourth-order valence-electron chi connectivity index (χ4n) is 2.41. The molecule has 0 saturated heterocycles. The summed E-state index contributed by atoms with van der Waals surface area (Å²) in [6.07, 6.45) is 0. The van der Waals surface area contributed by atoms with Crippen molar-refractivity contribution in [2.45, 2.75) is 16.2 Å². The van der Waals surface area contributed by atoms with Gasteiger partial charge in [-0.2, -0.15) is 0 Å². The molecular weight excluding hydrogens is 471 g/mol. The Morgan fingerprint density at radius 2 is 1.97 bits per heavy atom. The first kappa shape index (κ1) is 22.5. The van der Waals surface area contributed by atoms with Gasteiger partial charge in [-0.3, -0.25) is 14.4 Å². The molecule has 158 valence electrons. The molecule has 1 heterocycles. The van der Waals surface area contributed by atoms with Gasteiger partial charge in [-0.05, 0) is 36.1 Å². The van der Waals surface area contributed by atoms with Crippen LogP contribution in [0.2, 0.25) is 5.02 Å². The van der Waals surface area contributed by atoms with Crippen LogP contribution in [0.25, 0.3) is 0 Å². The summed E-state index contributed by atoms with van der Waals surface area (Å²) in [5.41, 5.74) is 0.0555. The van der Waals surface area contributed by atoms with Crippen LogP contribution in [0.3, 0.4) is 0 Å². The number of anilines is 2. The molecule has 1 N–H and O–H groups in total. The summed E-state index contributed by atoms with van der Waals surface area (Å²) in [6, 6.07) is 11.1. The number of hydrogen-bond acceptors (Lipinski definition) is 7. The summed E-state index contributed by atoms with van der Waals surface area (Å²) in [7, 11) is -4.12. The van der Waals surface area contributed by atoms with E-state index in [9.17, 15) is 17.6 Å². The summed E-state index contributed by atoms with van der Waals surface area (Å²) < 4.78 is 41.5. The molecule has 1 aromatic heterocycles. The van der Waals surface area contributed by atoms with Gasteiger partial charge in [0.15, 0.2) is 4.34 Å². The number of nitrogens with zero attached hydrogens (tertiary/aromatic N) is 3. The number of benzene rings is 2. The minimum Gasteiger partial charge on any atom is -0.299 e. The molecule has 7 nitrogen and oxygen atoms in total. The van der Waals surface area contributed by atoms with Crippen molar-refractivity contribution >= 4 is 61.4 Å². The third-order valence-electron chi connectivity index (χ3n) is 3.73. The number of amides is 1. The van der Waals surface area contributed by atoms with Crippen LogP contribution < -0.4 is 9.62 Å². The lowest BCUT2D eigenvalue weighted by Crippen LogP contribution is -2.38. The topological polar surface area (TPSA) is 92.3 Å². The highest BCUT2D eigenvalue weighted by atomic mass is 35.5. The third-order valence-corrected chi connectivity index (χ3v) is 7.66. The molecule has 3 rings (SSSR count). The Morgan fingerprint density at radius 3 is 2.63 bits per heavy atom. The van der Waals surface area contributed by atoms with E-state index in [1.165, 1.54) is 41.3 Å². The predicted octanol–water partition coefficient (Wildman–Crippen LogP) is 4.28. The molecular formula is C18H16ClFN4O3S3. The highest BCUT2D eigenvalue weighted by Crippen LogP contribution is 2.28. The number of halogens is 2. The van der Waals surface area contributed by atoms with Gasteiger partial charge in [0.05, 0.1) is 15.6 Å². The van der Waals surface area contributed by atoms with Crippen molar-refractivity contribution < 1.29 is 17.6 Å². The summed E-state index contributed by atoms with van der Waals surface area (Å²) >= 11 is 8.50. The van der Waals surface area contributed by atoms with Crippen LogP contribution in [0.1, 0.15) is 6.92 Å². The fraction of sp³-hybridized carbons (Fsp3) is 0.167. The molecule has 0 fully saturated rings. The molecule has 0 aliphatic rings. The second-order valence-corrected chi connectivity index (χ2v) is 10.5. The lowest BCUT2D eigenvalue weighted by atomic mass is 10.3. The van der Waals surface area contributed by atoms with Gasteiger partial charge in [0.2, 0.25) is 11.0 Å². The van der Waals surface area contributed by atoms with Crippen LogP contribution in [0.15, 0.2) is 57.8 Å². The van der Waals surface area contributed by atoms with Crippen molar-refractivity contribution in [1.29, 1.82) is 0 Å². The molecule has 12 heteroatoms. The molecule has 0 aliphatic heterocycles. The predicted molar refractivity (Wildman–Crippen MR) is 117 cm³/mol. The van der Waals surface area contributed by atoms with Crippen molar-refractivity contribution in [3.05, 3.63) is 59.4 Å². The Bertz CT molecular complexity index is 1140. The molecule has 0 radical (unpaired) electrons. The Kier molecular flexibility index (Phi) is 7.29. The number of thioether (sulfide) groups is 1. The van der Waals surface area contributed by atoms with Crippen LogP contribution in [0.5, 0.6) is 0 Å². The Labute approximate surface area is 186 Å². The first-order chi connectivity index (χ1) is 14.3. The number of hydrogen-bond donors (Lipinski definition) is 1. The van der Waals surface area contributed by atoms with Gasteiger partial charge in [0.1, 0.15) is 12.4 Å². The smallest absolute Gasteiger partial charge is 0.264 e. The summed E-state index contributed by atoms with van der Waals surface area (Å²) in [4.78, 5) is 12.6. The van der Waals surface area contributed by atoms with Crippen molar-refractivity contribution in [3.63, 3.8) is 0 Å². The number of nitrogens with one attached hydrogen (secondary N) is 1. The molecule has 0 aliphatic carbocycles. The highest BCUT2D eigenvalue weighted by Gasteiger charge is 2.28. The van der Waals surface area contributed by atoms with Crippen LogP contribution in [0, 0.1) is 5.82 Å². The third kappa shape index (κ3) is 5.28. The van der Waals surface area contributed by atoms with E-state index in [1.807, 2.05) is 6.92 Å². The molecule has 0 bridgehead atoms. The van der Waals surface area contributed by atoms with Crippen molar-refractivity contribution in [1.82, 2.24) is 10.2 Å². The molecule has 0 saturated carbocycles. The van der Waals surface area contributed by atoms with Gasteiger partial charge in [-0.1, -0.05) is 59.8 Å². The van der Waals surface area contributed by atoms with E-state index in [0.717, 1.165) is 22.2 Å². The number of carbonyl (C=O) groups excluding carboxylic acids is 1. The number of rotatable bonds is 8.